The molecule has 0 radical (unpaired) electrons. The summed E-state index contributed by atoms with van der Waals surface area (Å²) in [7, 11) is 0. The zero-order valence-electron chi connectivity index (χ0n) is 35.1. The van der Waals surface area contributed by atoms with Crippen molar-refractivity contribution in [2.75, 3.05) is 46.2 Å². The minimum Gasteiger partial charge on any atom is -0.460 e. The molecule has 0 N–H and O–H groups in total. The first-order valence-corrected chi connectivity index (χ1v) is 19.1. The highest BCUT2D eigenvalue weighted by molar-refractivity contribution is 5.93. The summed E-state index contributed by atoms with van der Waals surface area (Å²) in [5.41, 5.74) is 1.42. The van der Waals surface area contributed by atoms with Gasteiger partial charge in [-0.25, -0.2) is 29.0 Å². The molecule has 0 saturated carbocycles. The number of nitriles is 2. The van der Waals surface area contributed by atoms with Gasteiger partial charge in [0.15, 0.2) is 0 Å². The van der Waals surface area contributed by atoms with Gasteiger partial charge in [-0.15, -0.1) is 13.2 Å². The van der Waals surface area contributed by atoms with Crippen molar-refractivity contribution in [3.8, 4) is 12.1 Å². The first-order chi connectivity index (χ1) is 29.1. The fourth-order valence-electron chi connectivity index (χ4n) is 4.30. The number of benzene rings is 1. The highest BCUT2D eigenvalue weighted by atomic mass is 17.2. The number of carbonyl (C=O) groups is 6. The molecule has 0 aromatic heterocycles. The molecule has 0 saturated heterocycles. The minimum absolute atomic E-state index is 0.0115. The number of nitrogens with zero attached hydrogens (tertiary/aromatic N) is 2. The highest BCUT2D eigenvalue weighted by Crippen LogP contribution is 2.17. The van der Waals surface area contributed by atoms with Crippen LogP contribution < -0.4 is 0 Å². The molecule has 1 aromatic carbocycles. The second kappa shape index (κ2) is 33.2. The molecule has 1 aromatic rings. The molecule has 16 nitrogen and oxygen atoms in total. The van der Waals surface area contributed by atoms with Crippen LogP contribution in [0.15, 0.2) is 98.2 Å². The predicted octanol–water partition coefficient (Wildman–Crippen LogP) is 6.90. The van der Waals surface area contributed by atoms with E-state index in [-0.39, 0.29) is 99.0 Å². The third-order valence-corrected chi connectivity index (χ3v) is 7.69. The summed E-state index contributed by atoms with van der Waals surface area (Å²) in [4.78, 5) is 80.5. The molecule has 330 valence electrons. The zero-order valence-corrected chi connectivity index (χ0v) is 35.1. The first kappa shape index (κ1) is 54.4. The van der Waals surface area contributed by atoms with Crippen molar-refractivity contribution in [2.24, 2.45) is 5.92 Å². The van der Waals surface area contributed by atoms with Crippen LogP contribution in [0.5, 0.6) is 0 Å². The van der Waals surface area contributed by atoms with Gasteiger partial charge in [0.05, 0.1) is 41.0 Å². The van der Waals surface area contributed by atoms with E-state index >= 15 is 0 Å². The van der Waals surface area contributed by atoms with E-state index < -0.39 is 35.8 Å². The molecule has 0 atom stereocenters. The molecule has 0 heterocycles. The second-order valence-corrected chi connectivity index (χ2v) is 13.1. The van der Waals surface area contributed by atoms with Crippen molar-refractivity contribution >= 4 is 35.8 Å². The van der Waals surface area contributed by atoms with Crippen LogP contribution in [0.3, 0.4) is 0 Å². The van der Waals surface area contributed by atoms with E-state index in [0.29, 0.717) is 31.2 Å². The van der Waals surface area contributed by atoms with Crippen molar-refractivity contribution < 1.29 is 67.0 Å². The Morgan fingerprint density at radius 1 is 0.607 bits per heavy atom. The molecule has 0 bridgehead atoms. The summed E-state index contributed by atoms with van der Waals surface area (Å²) in [5, 5.41) is 17.3. The standard InChI is InChI=1S/C23H28O6.C22H28N2O8/c1-5-7-9-20(10-8-6-2)29-23(26)19-13-11-18(12-14-19)22(25)28-16-15-27-21(24)17(3)4;1-16(2)22(27)28-9-10-31-32-15-19(5-7-20(25)29-13-17(3)11-23)6-8-21(26)30-14-18(4)12-24/h5-6,11-14,20H,1-3,7-10,15-16H2,4H3;19H,1,3-10,13-15H2,2H3. The van der Waals surface area contributed by atoms with Gasteiger partial charge in [0.1, 0.15) is 45.7 Å². The topological polar surface area (TPSA) is 224 Å². The third kappa shape index (κ3) is 27.7. The summed E-state index contributed by atoms with van der Waals surface area (Å²) in [6.07, 6.45) is 6.96. The maximum atomic E-state index is 12.3. The Hall–Kier alpha value is -6.62. The molecular formula is C45H56N2O14. The summed E-state index contributed by atoms with van der Waals surface area (Å²) in [5.74, 6) is -3.41. The van der Waals surface area contributed by atoms with Crippen molar-refractivity contribution in [3.05, 3.63) is 109 Å². The zero-order chi connectivity index (χ0) is 46.0. The van der Waals surface area contributed by atoms with Crippen molar-refractivity contribution in [1.82, 2.24) is 0 Å². The largest absolute Gasteiger partial charge is 0.460 e. The van der Waals surface area contributed by atoms with Crippen molar-refractivity contribution in [2.45, 2.75) is 71.3 Å². The molecular weight excluding hydrogens is 792 g/mol. The third-order valence-electron chi connectivity index (χ3n) is 7.69. The lowest BCUT2D eigenvalue weighted by molar-refractivity contribution is -0.305. The number of allylic oxidation sites excluding steroid dienone is 2. The Morgan fingerprint density at radius 2 is 1.03 bits per heavy atom. The van der Waals surface area contributed by atoms with Crippen LogP contribution in [0.1, 0.15) is 85.9 Å². The van der Waals surface area contributed by atoms with Crippen LogP contribution in [-0.2, 0) is 57.4 Å². The first-order valence-electron chi connectivity index (χ1n) is 19.1. The van der Waals surface area contributed by atoms with E-state index in [4.69, 9.17) is 48.7 Å². The van der Waals surface area contributed by atoms with E-state index in [1.54, 1.807) is 24.3 Å². The van der Waals surface area contributed by atoms with E-state index in [0.717, 1.165) is 12.8 Å². The number of rotatable bonds is 30. The molecule has 0 aliphatic heterocycles. The van der Waals surface area contributed by atoms with Gasteiger partial charge in [-0.3, -0.25) is 9.59 Å². The summed E-state index contributed by atoms with van der Waals surface area (Å²) < 4.78 is 30.1. The molecule has 0 spiro atoms. The van der Waals surface area contributed by atoms with E-state index in [2.05, 4.69) is 39.5 Å². The lowest BCUT2D eigenvalue weighted by Crippen LogP contribution is -2.18. The van der Waals surface area contributed by atoms with Gasteiger partial charge in [-0.2, -0.15) is 10.5 Å². The Bertz CT molecular complexity index is 1710. The van der Waals surface area contributed by atoms with E-state index in [1.807, 2.05) is 0 Å². The Morgan fingerprint density at radius 3 is 1.46 bits per heavy atom. The molecule has 0 fully saturated rings. The van der Waals surface area contributed by atoms with E-state index in [1.165, 1.54) is 38.1 Å². The van der Waals surface area contributed by atoms with Gasteiger partial charge in [-0.05, 0) is 82.6 Å². The van der Waals surface area contributed by atoms with Crippen molar-refractivity contribution in [1.29, 1.82) is 10.5 Å². The van der Waals surface area contributed by atoms with Gasteiger partial charge < -0.3 is 28.4 Å². The van der Waals surface area contributed by atoms with Gasteiger partial charge in [0, 0.05) is 24.0 Å². The van der Waals surface area contributed by atoms with Crippen LogP contribution in [0.4, 0.5) is 0 Å². The fraction of sp³-hybridized carbons (Fsp3) is 0.422. The number of esters is 6. The van der Waals surface area contributed by atoms with Gasteiger partial charge in [0.25, 0.3) is 0 Å². The average molecular weight is 849 g/mol. The smallest absolute Gasteiger partial charge is 0.338 e. The number of carbonyl (C=O) groups excluding carboxylic acids is 6. The molecule has 0 amide bonds. The van der Waals surface area contributed by atoms with Gasteiger partial charge >= 0.3 is 35.8 Å². The fourth-order valence-corrected chi connectivity index (χ4v) is 4.30. The molecule has 0 unspecified atom stereocenters. The Kier molecular flexibility index (Phi) is 29.6. The Balaban J connectivity index is 0.00000119. The minimum atomic E-state index is -0.578. The van der Waals surface area contributed by atoms with Gasteiger partial charge in [0.2, 0.25) is 0 Å². The summed E-state index contributed by atoms with van der Waals surface area (Å²) >= 11 is 0. The average Bonchev–Trinajstić information content (AvgIpc) is 3.25. The lowest BCUT2D eigenvalue weighted by Gasteiger charge is -2.16. The predicted molar refractivity (Wildman–Crippen MR) is 222 cm³/mol. The highest BCUT2D eigenvalue weighted by Gasteiger charge is 2.18. The normalized spacial score (nSPS) is 10.0. The molecule has 0 aliphatic rings. The molecule has 16 heteroatoms. The van der Waals surface area contributed by atoms with Crippen LogP contribution in [-0.4, -0.2) is 88.2 Å². The van der Waals surface area contributed by atoms with Crippen molar-refractivity contribution in [3.63, 3.8) is 0 Å². The second-order valence-electron chi connectivity index (χ2n) is 13.1. The number of hydrogen-bond acceptors (Lipinski definition) is 16. The quantitative estimate of drug-likeness (QED) is 0.0112. The van der Waals surface area contributed by atoms with Gasteiger partial charge in [-0.1, -0.05) is 38.5 Å². The van der Waals surface area contributed by atoms with Crippen LogP contribution in [0, 0.1) is 28.6 Å². The molecule has 1 rings (SSSR count). The monoisotopic (exact) mass is 848 g/mol. The van der Waals surface area contributed by atoms with E-state index in [9.17, 15) is 28.8 Å². The maximum Gasteiger partial charge on any atom is 0.338 e. The number of ether oxygens (including phenoxy) is 6. The van der Waals surface area contributed by atoms with Crippen LogP contribution >= 0.6 is 0 Å². The summed E-state index contributed by atoms with van der Waals surface area (Å²) in [6.45, 7) is 23.7. The maximum absolute atomic E-state index is 12.3. The summed E-state index contributed by atoms with van der Waals surface area (Å²) in [6, 6.07) is 9.55. The molecule has 61 heavy (non-hydrogen) atoms. The molecule has 0 aliphatic carbocycles. The lowest BCUT2D eigenvalue weighted by atomic mass is 9.98. The van der Waals surface area contributed by atoms with Crippen LogP contribution in [0.2, 0.25) is 0 Å². The number of hydrogen-bond donors (Lipinski definition) is 0. The SMILES string of the molecule is C=C(C#N)COC(=O)CCC(CCC(=O)OCC(=C)C#N)COOCCOC(=O)C(=C)C.C=CCCC(CCC=C)OC(=O)c1ccc(C(=O)OCCOC(=O)C(=C)C)cc1. The van der Waals surface area contributed by atoms with Crippen LogP contribution in [0.25, 0.3) is 0 Å². The Labute approximate surface area is 357 Å².